The molecule has 0 atom stereocenters. The molecule has 0 fully saturated rings. The van der Waals surface area contributed by atoms with Crippen molar-refractivity contribution in [3.05, 3.63) is 46.3 Å². The van der Waals surface area contributed by atoms with Crippen LogP contribution in [0.15, 0.2) is 30.5 Å². The van der Waals surface area contributed by atoms with Crippen molar-refractivity contribution in [3.63, 3.8) is 0 Å². The zero-order chi connectivity index (χ0) is 14.8. The highest BCUT2D eigenvalue weighted by Crippen LogP contribution is 2.14. The second-order valence-electron chi connectivity index (χ2n) is 5.53. The predicted molar refractivity (Wildman–Crippen MR) is 74.6 cm³/mol. The minimum Gasteiger partial charge on any atom is -0.306 e. The Bertz CT molecular complexity index is 598. The average Bonchev–Trinajstić information content (AvgIpc) is 2.84. The molecular formula is C13H17N5O2. The number of hydrogen-bond acceptors (Lipinski definition) is 5. The number of nitro benzene ring substituents is 1. The van der Waals surface area contributed by atoms with E-state index >= 15 is 0 Å². The SMILES string of the molecule is CC(C)(C)NCc1cn(-c2ccc([N+](=O)[O-])cc2)nn1. The molecule has 2 aromatic rings. The summed E-state index contributed by atoms with van der Waals surface area (Å²) in [4.78, 5) is 10.2. The molecule has 0 aliphatic heterocycles. The Morgan fingerprint density at radius 1 is 1.30 bits per heavy atom. The van der Waals surface area contributed by atoms with Crippen LogP contribution in [0.4, 0.5) is 5.69 Å². The van der Waals surface area contributed by atoms with Gasteiger partial charge in [-0.3, -0.25) is 10.1 Å². The standard InChI is InChI=1S/C13H17N5O2/c1-13(2,3)14-8-10-9-17(16-15-10)11-4-6-12(7-5-11)18(19)20/h4-7,9,14H,8H2,1-3H3. The van der Waals surface area contributed by atoms with Crippen molar-refractivity contribution >= 4 is 5.69 Å². The Hall–Kier alpha value is -2.28. The summed E-state index contributed by atoms with van der Waals surface area (Å²) in [6.45, 7) is 6.85. The van der Waals surface area contributed by atoms with E-state index in [2.05, 4.69) is 36.4 Å². The Morgan fingerprint density at radius 2 is 1.95 bits per heavy atom. The normalized spacial score (nSPS) is 11.6. The summed E-state index contributed by atoms with van der Waals surface area (Å²) in [5.74, 6) is 0. The first-order valence-corrected chi connectivity index (χ1v) is 6.26. The van der Waals surface area contributed by atoms with Gasteiger partial charge >= 0.3 is 0 Å². The fourth-order valence-corrected chi connectivity index (χ4v) is 1.59. The highest BCUT2D eigenvalue weighted by Gasteiger charge is 2.11. The third-order valence-electron chi connectivity index (χ3n) is 2.67. The van der Waals surface area contributed by atoms with Gasteiger partial charge in [0, 0.05) is 24.2 Å². The minimum absolute atomic E-state index is 0.0111. The van der Waals surface area contributed by atoms with E-state index in [1.54, 1.807) is 23.0 Å². The molecule has 0 saturated heterocycles. The van der Waals surface area contributed by atoms with Crippen molar-refractivity contribution in [2.24, 2.45) is 0 Å². The van der Waals surface area contributed by atoms with E-state index in [0.717, 1.165) is 11.4 Å². The molecule has 106 valence electrons. The Morgan fingerprint density at radius 3 is 2.50 bits per heavy atom. The van der Waals surface area contributed by atoms with Crippen molar-refractivity contribution < 1.29 is 4.92 Å². The van der Waals surface area contributed by atoms with Crippen molar-refractivity contribution in [2.75, 3.05) is 0 Å². The molecule has 20 heavy (non-hydrogen) atoms. The molecule has 2 rings (SSSR count). The van der Waals surface area contributed by atoms with Crippen LogP contribution in [0.25, 0.3) is 5.69 Å². The molecule has 0 amide bonds. The summed E-state index contributed by atoms with van der Waals surface area (Å²) < 4.78 is 1.60. The molecule has 0 aliphatic carbocycles. The van der Waals surface area contributed by atoms with Crippen molar-refractivity contribution in [1.82, 2.24) is 20.3 Å². The van der Waals surface area contributed by atoms with Gasteiger partial charge in [-0.05, 0) is 32.9 Å². The first kappa shape index (κ1) is 14.1. The molecule has 1 heterocycles. The van der Waals surface area contributed by atoms with Gasteiger partial charge in [-0.2, -0.15) is 0 Å². The fraction of sp³-hybridized carbons (Fsp3) is 0.385. The maximum atomic E-state index is 10.6. The molecule has 0 bridgehead atoms. The lowest BCUT2D eigenvalue weighted by molar-refractivity contribution is -0.384. The van der Waals surface area contributed by atoms with Crippen LogP contribution in [-0.4, -0.2) is 25.5 Å². The number of rotatable bonds is 4. The molecule has 1 aromatic carbocycles. The maximum Gasteiger partial charge on any atom is 0.269 e. The lowest BCUT2D eigenvalue weighted by atomic mass is 10.1. The van der Waals surface area contributed by atoms with E-state index < -0.39 is 4.92 Å². The smallest absolute Gasteiger partial charge is 0.269 e. The highest BCUT2D eigenvalue weighted by atomic mass is 16.6. The number of nitrogens with zero attached hydrogens (tertiary/aromatic N) is 4. The summed E-state index contributed by atoms with van der Waals surface area (Å²) >= 11 is 0. The lowest BCUT2D eigenvalue weighted by Gasteiger charge is -2.19. The molecule has 7 heteroatoms. The van der Waals surface area contributed by atoms with Crippen LogP contribution in [0.1, 0.15) is 26.5 Å². The first-order valence-electron chi connectivity index (χ1n) is 6.26. The largest absolute Gasteiger partial charge is 0.306 e. The van der Waals surface area contributed by atoms with E-state index in [0.29, 0.717) is 6.54 Å². The van der Waals surface area contributed by atoms with E-state index in [4.69, 9.17) is 0 Å². The van der Waals surface area contributed by atoms with Gasteiger partial charge in [-0.1, -0.05) is 5.21 Å². The second kappa shape index (κ2) is 5.38. The number of nitrogens with one attached hydrogen (secondary N) is 1. The van der Waals surface area contributed by atoms with Gasteiger partial charge in [0.2, 0.25) is 0 Å². The van der Waals surface area contributed by atoms with Crippen LogP contribution in [0.5, 0.6) is 0 Å². The fourth-order valence-electron chi connectivity index (χ4n) is 1.59. The third kappa shape index (κ3) is 3.61. The maximum absolute atomic E-state index is 10.6. The van der Waals surface area contributed by atoms with Gasteiger partial charge in [-0.15, -0.1) is 5.10 Å². The molecule has 7 nitrogen and oxygen atoms in total. The second-order valence-corrected chi connectivity index (χ2v) is 5.53. The Kier molecular flexibility index (Phi) is 3.80. The summed E-state index contributed by atoms with van der Waals surface area (Å²) in [5.41, 5.74) is 1.63. The predicted octanol–water partition coefficient (Wildman–Crippen LogP) is 2.06. The molecule has 1 N–H and O–H groups in total. The van der Waals surface area contributed by atoms with Crippen LogP contribution in [0, 0.1) is 10.1 Å². The molecule has 0 unspecified atom stereocenters. The molecular weight excluding hydrogens is 258 g/mol. The molecule has 0 radical (unpaired) electrons. The van der Waals surface area contributed by atoms with Gasteiger partial charge < -0.3 is 5.32 Å². The monoisotopic (exact) mass is 275 g/mol. The molecule has 0 aliphatic rings. The number of hydrogen-bond donors (Lipinski definition) is 1. The first-order chi connectivity index (χ1) is 9.35. The third-order valence-corrected chi connectivity index (χ3v) is 2.67. The van der Waals surface area contributed by atoms with Crippen LogP contribution >= 0.6 is 0 Å². The number of benzene rings is 1. The van der Waals surface area contributed by atoms with Gasteiger partial charge in [0.15, 0.2) is 0 Å². The van der Waals surface area contributed by atoms with Gasteiger partial charge in [0.25, 0.3) is 5.69 Å². The quantitative estimate of drug-likeness (QED) is 0.682. The number of nitro groups is 1. The van der Waals surface area contributed by atoms with Crippen LogP contribution < -0.4 is 5.32 Å². The summed E-state index contributed by atoms with van der Waals surface area (Å²) in [6, 6.07) is 6.19. The van der Waals surface area contributed by atoms with Gasteiger partial charge in [0.1, 0.15) is 0 Å². The Balaban J connectivity index is 2.10. The van der Waals surface area contributed by atoms with Crippen LogP contribution in [-0.2, 0) is 6.54 Å². The van der Waals surface area contributed by atoms with E-state index in [1.165, 1.54) is 12.1 Å². The van der Waals surface area contributed by atoms with E-state index in [1.807, 2.05) is 0 Å². The summed E-state index contributed by atoms with van der Waals surface area (Å²) in [5, 5.41) is 22.0. The minimum atomic E-state index is -0.427. The highest BCUT2D eigenvalue weighted by molar-refractivity contribution is 5.40. The molecule has 1 aromatic heterocycles. The van der Waals surface area contributed by atoms with Gasteiger partial charge in [0.05, 0.1) is 22.5 Å². The summed E-state index contributed by atoms with van der Waals surface area (Å²) in [7, 11) is 0. The van der Waals surface area contributed by atoms with E-state index in [9.17, 15) is 10.1 Å². The van der Waals surface area contributed by atoms with E-state index in [-0.39, 0.29) is 11.2 Å². The van der Waals surface area contributed by atoms with Crippen molar-refractivity contribution in [3.8, 4) is 5.69 Å². The van der Waals surface area contributed by atoms with Gasteiger partial charge in [-0.25, -0.2) is 4.68 Å². The van der Waals surface area contributed by atoms with Crippen molar-refractivity contribution in [1.29, 1.82) is 0 Å². The summed E-state index contributed by atoms with van der Waals surface area (Å²) in [6.07, 6.45) is 1.81. The van der Waals surface area contributed by atoms with Crippen LogP contribution in [0.2, 0.25) is 0 Å². The average molecular weight is 275 g/mol. The molecule has 0 saturated carbocycles. The molecule has 0 spiro atoms. The number of aromatic nitrogens is 3. The Labute approximate surface area is 116 Å². The topological polar surface area (TPSA) is 85.9 Å². The van der Waals surface area contributed by atoms with Crippen molar-refractivity contribution in [2.45, 2.75) is 32.9 Å². The lowest BCUT2D eigenvalue weighted by Crippen LogP contribution is -2.35. The number of non-ortho nitro benzene ring substituents is 1. The zero-order valence-corrected chi connectivity index (χ0v) is 11.7. The van der Waals surface area contributed by atoms with Crippen LogP contribution in [0.3, 0.4) is 0 Å². The zero-order valence-electron chi connectivity index (χ0n) is 11.7.